The zero-order valence-electron chi connectivity index (χ0n) is 13.3. The molecule has 1 aromatic carbocycles. The molecule has 0 aliphatic carbocycles. The first kappa shape index (κ1) is 16.9. The van der Waals surface area contributed by atoms with Gasteiger partial charge in [-0.2, -0.15) is 4.37 Å². The van der Waals surface area contributed by atoms with Crippen molar-refractivity contribution in [3.63, 3.8) is 0 Å². The molecule has 2 atom stereocenters. The average molecular weight is 359 g/mol. The normalized spacial score (nSPS) is 13.6. The molecule has 3 aromatic rings. The molecule has 6 heteroatoms. The lowest BCUT2D eigenvalue weighted by Gasteiger charge is -2.11. The van der Waals surface area contributed by atoms with E-state index in [1.165, 1.54) is 24.0 Å². The molecule has 3 nitrogen and oxygen atoms in total. The number of alkyl halides is 1. The predicted octanol–water partition coefficient (Wildman–Crippen LogP) is 4.18. The number of halogens is 1. The number of fused-ring (bicyclic) bond motifs is 1. The second kappa shape index (κ2) is 7.31. The van der Waals surface area contributed by atoms with Gasteiger partial charge in [0.15, 0.2) is 0 Å². The van der Waals surface area contributed by atoms with Crippen LogP contribution in [0.3, 0.4) is 0 Å². The highest BCUT2D eigenvalue weighted by Gasteiger charge is 2.21. The van der Waals surface area contributed by atoms with E-state index in [2.05, 4.69) is 27.7 Å². The number of hydrogen-bond acceptors (Lipinski definition) is 5. The Morgan fingerprint density at radius 1 is 1.38 bits per heavy atom. The number of benzene rings is 1. The van der Waals surface area contributed by atoms with Gasteiger partial charge in [0.25, 0.3) is 0 Å². The predicted molar refractivity (Wildman–Crippen MR) is 101 cm³/mol. The van der Waals surface area contributed by atoms with Crippen LogP contribution in [0.2, 0.25) is 0 Å². The maximum Gasteiger partial charge on any atom is 0.127 e. The van der Waals surface area contributed by atoms with Gasteiger partial charge in [0.2, 0.25) is 0 Å². The van der Waals surface area contributed by atoms with E-state index in [4.69, 9.17) is 12.2 Å². The van der Waals surface area contributed by atoms with E-state index in [9.17, 15) is 4.39 Å². The largest absolute Gasteiger partial charge is 0.370 e. The standard InChI is InChI=1S/C18H18FN3S2/c1-3-13-15(9-14(20)11(2)19)23-17-16(13)22-24-18(17)21-10-12-7-5-4-6-8-12/h1,4-8,11,14,21H,9-10,20H2,2H3/t11-,14+/m0/s1. The molecule has 0 aliphatic heterocycles. The van der Waals surface area contributed by atoms with Crippen LogP contribution in [0, 0.1) is 12.3 Å². The monoisotopic (exact) mass is 359 g/mol. The summed E-state index contributed by atoms with van der Waals surface area (Å²) in [4.78, 5) is 0.933. The lowest BCUT2D eigenvalue weighted by molar-refractivity contribution is 0.305. The summed E-state index contributed by atoms with van der Waals surface area (Å²) in [7, 11) is 0. The number of hydrogen-bond donors (Lipinski definition) is 2. The fourth-order valence-corrected chi connectivity index (χ4v) is 4.57. The van der Waals surface area contributed by atoms with Gasteiger partial charge < -0.3 is 11.1 Å². The number of anilines is 1. The van der Waals surface area contributed by atoms with Crippen molar-refractivity contribution in [1.29, 1.82) is 0 Å². The topological polar surface area (TPSA) is 50.9 Å². The highest BCUT2D eigenvalue weighted by atomic mass is 32.1. The van der Waals surface area contributed by atoms with Crippen molar-refractivity contribution >= 4 is 38.1 Å². The van der Waals surface area contributed by atoms with Gasteiger partial charge in [0, 0.05) is 23.9 Å². The summed E-state index contributed by atoms with van der Waals surface area (Å²) in [5, 5.41) is 4.41. The molecule has 0 fully saturated rings. The fourth-order valence-electron chi connectivity index (χ4n) is 2.40. The molecule has 0 unspecified atom stereocenters. The number of nitrogens with two attached hydrogens (primary N) is 1. The van der Waals surface area contributed by atoms with Crippen molar-refractivity contribution in [1.82, 2.24) is 4.37 Å². The molecule has 0 radical (unpaired) electrons. The zero-order valence-corrected chi connectivity index (χ0v) is 14.9. The number of aromatic nitrogens is 1. The van der Waals surface area contributed by atoms with Crippen molar-refractivity contribution in [3.05, 3.63) is 46.3 Å². The molecular formula is C18H18FN3S2. The van der Waals surface area contributed by atoms with Crippen molar-refractivity contribution in [2.24, 2.45) is 5.73 Å². The number of nitrogens with zero attached hydrogens (tertiary/aromatic N) is 1. The highest BCUT2D eigenvalue weighted by molar-refractivity contribution is 7.24. The first-order valence-electron chi connectivity index (χ1n) is 7.65. The second-order valence-corrected chi connectivity index (χ2v) is 7.50. The van der Waals surface area contributed by atoms with E-state index in [-0.39, 0.29) is 0 Å². The summed E-state index contributed by atoms with van der Waals surface area (Å²) in [5.41, 5.74) is 8.62. The molecule has 124 valence electrons. The van der Waals surface area contributed by atoms with E-state index in [0.29, 0.717) is 6.42 Å². The van der Waals surface area contributed by atoms with Crippen LogP contribution in [0.5, 0.6) is 0 Å². The minimum atomic E-state index is -1.07. The van der Waals surface area contributed by atoms with E-state index in [1.54, 1.807) is 11.3 Å². The van der Waals surface area contributed by atoms with Gasteiger partial charge in [0.05, 0.1) is 10.3 Å². The molecule has 3 rings (SSSR count). The van der Waals surface area contributed by atoms with E-state index in [1.807, 2.05) is 18.2 Å². The quantitative estimate of drug-likeness (QED) is 0.649. The van der Waals surface area contributed by atoms with E-state index >= 15 is 0 Å². The Labute approximate surface area is 148 Å². The fraction of sp³-hybridized carbons (Fsp3) is 0.278. The van der Waals surface area contributed by atoms with E-state index in [0.717, 1.165) is 32.2 Å². The first-order valence-corrected chi connectivity index (χ1v) is 9.24. The average Bonchev–Trinajstić information content (AvgIpc) is 3.12. The van der Waals surface area contributed by atoms with Crippen LogP contribution < -0.4 is 11.1 Å². The van der Waals surface area contributed by atoms with Crippen LogP contribution >= 0.6 is 22.9 Å². The Kier molecular flexibility index (Phi) is 5.14. The lowest BCUT2D eigenvalue weighted by Crippen LogP contribution is -2.31. The van der Waals surface area contributed by atoms with Gasteiger partial charge in [-0.05, 0) is 24.0 Å². The van der Waals surface area contributed by atoms with Crippen LogP contribution in [0.15, 0.2) is 30.3 Å². The maximum atomic E-state index is 13.4. The third-order valence-electron chi connectivity index (χ3n) is 3.84. The number of rotatable bonds is 6. The number of terminal acetylenes is 1. The molecule has 0 saturated heterocycles. The molecule has 0 aliphatic rings. The van der Waals surface area contributed by atoms with Crippen molar-refractivity contribution in [3.8, 4) is 12.3 Å². The van der Waals surface area contributed by atoms with Crippen LogP contribution in [-0.4, -0.2) is 16.6 Å². The SMILES string of the molecule is C#Cc1c(C[C@@H](N)[C@H](C)F)sc2c(NCc3ccccc3)snc12. The Bertz CT molecular complexity index is 862. The third-order valence-corrected chi connectivity index (χ3v) is 5.99. The molecule has 2 aromatic heterocycles. The van der Waals surface area contributed by atoms with Crippen LogP contribution in [0.25, 0.3) is 10.2 Å². The van der Waals surface area contributed by atoms with Gasteiger partial charge in [-0.1, -0.05) is 36.3 Å². The minimum absolute atomic E-state index is 0.432. The van der Waals surface area contributed by atoms with Crippen molar-refractivity contribution in [2.75, 3.05) is 5.32 Å². The van der Waals surface area contributed by atoms with Gasteiger partial charge >= 0.3 is 0 Å². The number of thiophene rings is 1. The smallest absolute Gasteiger partial charge is 0.127 e. The summed E-state index contributed by atoms with van der Waals surface area (Å²) in [6.45, 7) is 2.19. The number of nitrogens with one attached hydrogen (secondary N) is 1. The Morgan fingerprint density at radius 3 is 2.79 bits per heavy atom. The van der Waals surface area contributed by atoms with Crippen molar-refractivity contribution in [2.45, 2.75) is 32.1 Å². The van der Waals surface area contributed by atoms with Gasteiger partial charge in [0.1, 0.15) is 16.7 Å². The van der Waals surface area contributed by atoms with Gasteiger partial charge in [-0.3, -0.25) is 0 Å². The zero-order chi connectivity index (χ0) is 17.1. The lowest BCUT2D eigenvalue weighted by atomic mass is 10.1. The molecule has 0 saturated carbocycles. The third kappa shape index (κ3) is 3.44. The minimum Gasteiger partial charge on any atom is -0.370 e. The van der Waals surface area contributed by atoms with Gasteiger partial charge in [-0.25, -0.2) is 4.39 Å². The molecule has 0 amide bonds. The summed E-state index contributed by atoms with van der Waals surface area (Å²) < 4.78 is 18.9. The summed E-state index contributed by atoms with van der Waals surface area (Å²) in [5.74, 6) is 2.70. The van der Waals surface area contributed by atoms with Crippen LogP contribution in [0.1, 0.15) is 22.9 Å². The highest BCUT2D eigenvalue weighted by Crippen LogP contribution is 2.39. The summed E-state index contributed by atoms with van der Waals surface area (Å²) >= 11 is 2.96. The Hall–Kier alpha value is -1.94. The maximum absolute atomic E-state index is 13.4. The Morgan fingerprint density at radius 2 is 2.12 bits per heavy atom. The summed E-state index contributed by atoms with van der Waals surface area (Å²) in [6, 6.07) is 9.61. The van der Waals surface area contributed by atoms with Gasteiger partial charge in [-0.15, -0.1) is 17.8 Å². The first-order chi connectivity index (χ1) is 11.6. The van der Waals surface area contributed by atoms with Crippen molar-refractivity contribution < 1.29 is 4.39 Å². The molecule has 2 heterocycles. The molecular weight excluding hydrogens is 341 g/mol. The summed E-state index contributed by atoms with van der Waals surface area (Å²) in [6.07, 6.45) is 5.01. The van der Waals surface area contributed by atoms with Crippen LogP contribution in [-0.2, 0) is 13.0 Å². The molecule has 0 spiro atoms. The van der Waals surface area contributed by atoms with E-state index < -0.39 is 12.2 Å². The molecule has 3 N–H and O–H groups in total. The van der Waals surface area contributed by atoms with Crippen LogP contribution in [0.4, 0.5) is 9.39 Å². The Balaban J connectivity index is 1.86. The molecule has 0 bridgehead atoms. The molecule has 24 heavy (non-hydrogen) atoms. The second-order valence-electron chi connectivity index (χ2n) is 5.62.